The van der Waals surface area contributed by atoms with E-state index in [0.717, 1.165) is 25.9 Å². The summed E-state index contributed by atoms with van der Waals surface area (Å²) in [6, 6.07) is 0. The van der Waals surface area contributed by atoms with Gasteiger partial charge in [-0.15, -0.1) is 0 Å². The molecule has 1 fully saturated rings. The van der Waals surface area contributed by atoms with Crippen LogP contribution in [0.25, 0.3) is 0 Å². The molecule has 1 unspecified atom stereocenters. The molecule has 0 aromatic heterocycles. The maximum atomic E-state index is 11.6. The topological polar surface area (TPSA) is 78.4 Å². The first-order valence-corrected chi connectivity index (χ1v) is 6.27. The van der Waals surface area contributed by atoms with Crippen LogP contribution in [0.2, 0.25) is 0 Å². The van der Waals surface area contributed by atoms with Gasteiger partial charge in [-0.3, -0.25) is 9.59 Å². The number of carboxylic acid groups (broad SMARTS) is 1. The minimum atomic E-state index is -0.815. The van der Waals surface area contributed by atoms with E-state index < -0.39 is 5.97 Å². The van der Waals surface area contributed by atoms with Crippen LogP contribution in [-0.2, 0) is 9.59 Å². The van der Waals surface area contributed by atoms with Gasteiger partial charge in [-0.25, -0.2) is 0 Å². The summed E-state index contributed by atoms with van der Waals surface area (Å²) in [4.78, 5) is 22.1. The quantitative estimate of drug-likeness (QED) is 0.637. The number of carbonyl (C=O) groups excluding carboxylic acids is 1. The van der Waals surface area contributed by atoms with Crippen LogP contribution in [0.4, 0.5) is 0 Å². The van der Waals surface area contributed by atoms with Crippen molar-refractivity contribution in [1.29, 1.82) is 0 Å². The molecule has 1 rings (SSSR count). The smallest absolute Gasteiger partial charge is 0.303 e. The number of rotatable bonds is 6. The Labute approximate surface area is 102 Å². The molecule has 1 amide bonds. The first-order valence-electron chi connectivity index (χ1n) is 6.27. The van der Waals surface area contributed by atoms with Gasteiger partial charge in [0, 0.05) is 19.4 Å². The fourth-order valence-electron chi connectivity index (χ4n) is 2.08. The van der Waals surface area contributed by atoms with Gasteiger partial charge < -0.3 is 15.7 Å². The fraction of sp³-hybridized carbons (Fsp3) is 0.833. The van der Waals surface area contributed by atoms with Crippen molar-refractivity contribution in [3.05, 3.63) is 0 Å². The number of hydrogen-bond acceptors (Lipinski definition) is 3. The molecule has 0 saturated carbocycles. The van der Waals surface area contributed by atoms with Gasteiger partial charge in [-0.2, -0.15) is 0 Å². The summed E-state index contributed by atoms with van der Waals surface area (Å²) in [5.74, 6) is -0.297. The fourth-order valence-corrected chi connectivity index (χ4v) is 2.08. The monoisotopic (exact) mass is 242 g/mol. The number of amides is 1. The van der Waals surface area contributed by atoms with Crippen molar-refractivity contribution in [1.82, 2.24) is 10.6 Å². The minimum absolute atomic E-state index is 0.00975. The first kappa shape index (κ1) is 14.0. The normalized spacial score (nSPS) is 18.6. The lowest BCUT2D eigenvalue weighted by Crippen LogP contribution is -2.34. The summed E-state index contributed by atoms with van der Waals surface area (Å²) in [5, 5.41) is 14.7. The Kier molecular flexibility index (Phi) is 5.97. The highest BCUT2D eigenvalue weighted by molar-refractivity contribution is 5.76. The Hall–Kier alpha value is -1.10. The second-order valence-corrected chi connectivity index (χ2v) is 4.90. The lowest BCUT2D eigenvalue weighted by atomic mass is 9.94. The van der Waals surface area contributed by atoms with Crippen LogP contribution < -0.4 is 10.6 Å². The average molecular weight is 242 g/mol. The number of piperidine rings is 1. The predicted octanol–water partition coefficient (Wildman–Crippen LogP) is 0.603. The molecule has 5 nitrogen and oxygen atoms in total. The summed E-state index contributed by atoms with van der Waals surface area (Å²) in [5.41, 5.74) is 0. The van der Waals surface area contributed by atoms with Crippen molar-refractivity contribution in [3.63, 3.8) is 0 Å². The zero-order valence-corrected chi connectivity index (χ0v) is 10.4. The maximum absolute atomic E-state index is 11.6. The maximum Gasteiger partial charge on any atom is 0.303 e. The third kappa shape index (κ3) is 6.26. The van der Waals surface area contributed by atoms with Gasteiger partial charge >= 0.3 is 5.97 Å². The summed E-state index contributed by atoms with van der Waals surface area (Å²) >= 11 is 0. The van der Waals surface area contributed by atoms with Crippen molar-refractivity contribution in [2.45, 2.75) is 32.6 Å². The Morgan fingerprint density at radius 2 is 2.06 bits per heavy atom. The number of aliphatic carboxylic acids is 1. The molecule has 1 aliphatic rings. The van der Waals surface area contributed by atoms with E-state index in [-0.39, 0.29) is 18.2 Å². The summed E-state index contributed by atoms with van der Waals surface area (Å²) < 4.78 is 0. The highest BCUT2D eigenvalue weighted by Gasteiger charge is 2.17. The van der Waals surface area contributed by atoms with Gasteiger partial charge in [0.15, 0.2) is 0 Å². The van der Waals surface area contributed by atoms with E-state index in [1.165, 1.54) is 0 Å². The van der Waals surface area contributed by atoms with Crippen molar-refractivity contribution in [2.75, 3.05) is 19.6 Å². The lowest BCUT2D eigenvalue weighted by Gasteiger charge is -2.22. The van der Waals surface area contributed by atoms with E-state index >= 15 is 0 Å². The third-order valence-electron chi connectivity index (χ3n) is 3.10. The molecule has 1 heterocycles. The largest absolute Gasteiger partial charge is 0.481 e. The molecule has 1 atom stereocenters. The van der Waals surface area contributed by atoms with Crippen LogP contribution in [0.5, 0.6) is 0 Å². The minimum Gasteiger partial charge on any atom is -0.481 e. The highest BCUT2D eigenvalue weighted by Crippen LogP contribution is 2.15. The van der Waals surface area contributed by atoms with E-state index in [1.54, 1.807) is 0 Å². The molecule has 0 aromatic rings. The molecule has 0 aliphatic carbocycles. The molecule has 17 heavy (non-hydrogen) atoms. The van der Waals surface area contributed by atoms with Gasteiger partial charge in [0.05, 0.1) is 0 Å². The van der Waals surface area contributed by atoms with Gasteiger partial charge in [0.1, 0.15) is 0 Å². The van der Waals surface area contributed by atoms with E-state index in [9.17, 15) is 9.59 Å². The van der Waals surface area contributed by atoms with Crippen LogP contribution in [0, 0.1) is 11.8 Å². The predicted molar refractivity (Wildman–Crippen MR) is 64.6 cm³/mol. The molecule has 0 spiro atoms. The zero-order valence-electron chi connectivity index (χ0n) is 10.4. The molecule has 98 valence electrons. The van der Waals surface area contributed by atoms with Gasteiger partial charge in [-0.1, -0.05) is 6.92 Å². The van der Waals surface area contributed by atoms with E-state index in [0.29, 0.717) is 18.9 Å². The molecule has 1 saturated heterocycles. The van der Waals surface area contributed by atoms with Crippen molar-refractivity contribution in [3.8, 4) is 0 Å². The Bertz CT molecular complexity index is 262. The second-order valence-electron chi connectivity index (χ2n) is 4.90. The summed E-state index contributed by atoms with van der Waals surface area (Å²) in [7, 11) is 0. The average Bonchev–Trinajstić information content (AvgIpc) is 2.27. The molecule has 1 aliphatic heterocycles. The SMILES string of the molecule is CC(CNC(=O)CC1CCNCC1)CC(=O)O. The van der Waals surface area contributed by atoms with Crippen LogP contribution in [-0.4, -0.2) is 36.6 Å². The molecule has 5 heteroatoms. The molecule has 0 radical (unpaired) electrons. The van der Waals surface area contributed by atoms with Crippen molar-refractivity contribution < 1.29 is 14.7 Å². The molecular formula is C12H22N2O3. The van der Waals surface area contributed by atoms with Crippen LogP contribution in [0.1, 0.15) is 32.6 Å². The first-order chi connectivity index (χ1) is 8.08. The van der Waals surface area contributed by atoms with Crippen LogP contribution in [0.15, 0.2) is 0 Å². The van der Waals surface area contributed by atoms with E-state index in [1.807, 2.05) is 6.92 Å². The molecule has 0 bridgehead atoms. The zero-order chi connectivity index (χ0) is 12.7. The van der Waals surface area contributed by atoms with Crippen molar-refractivity contribution in [2.24, 2.45) is 11.8 Å². The van der Waals surface area contributed by atoms with Crippen molar-refractivity contribution >= 4 is 11.9 Å². The van der Waals surface area contributed by atoms with E-state index in [4.69, 9.17) is 5.11 Å². The third-order valence-corrected chi connectivity index (χ3v) is 3.10. The number of carbonyl (C=O) groups is 2. The lowest BCUT2D eigenvalue weighted by molar-refractivity contribution is -0.138. The number of carboxylic acids is 1. The number of hydrogen-bond donors (Lipinski definition) is 3. The molecular weight excluding hydrogens is 220 g/mol. The number of nitrogens with one attached hydrogen (secondary N) is 2. The Balaban J connectivity index is 2.13. The van der Waals surface area contributed by atoms with Crippen LogP contribution >= 0.6 is 0 Å². The summed E-state index contributed by atoms with van der Waals surface area (Å²) in [6.07, 6.45) is 2.78. The van der Waals surface area contributed by atoms with Gasteiger partial charge in [0.2, 0.25) is 5.91 Å². The molecule has 0 aromatic carbocycles. The van der Waals surface area contributed by atoms with E-state index in [2.05, 4.69) is 10.6 Å². The Morgan fingerprint density at radius 3 is 2.65 bits per heavy atom. The highest BCUT2D eigenvalue weighted by atomic mass is 16.4. The summed E-state index contributed by atoms with van der Waals surface area (Å²) in [6.45, 7) is 4.27. The Morgan fingerprint density at radius 1 is 1.41 bits per heavy atom. The second kappa shape index (κ2) is 7.27. The van der Waals surface area contributed by atoms with Crippen LogP contribution in [0.3, 0.4) is 0 Å². The van der Waals surface area contributed by atoms with Gasteiger partial charge in [-0.05, 0) is 37.8 Å². The molecule has 3 N–H and O–H groups in total. The standard InChI is InChI=1S/C12H22N2O3/c1-9(6-12(16)17)8-14-11(15)7-10-2-4-13-5-3-10/h9-10,13H,2-8H2,1H3,(H,14,15)(H,16,17). The van der Waals surface area contributed by atoms with Gasteiger partial charge in [0.25, 0.3) is 0 Å².